The van der Waals surface area contributed by atoms with Crippen molar-refractivity contribution in [3.8, 4) is 5.75 Å². The zero-order valence-electron chi connectivity index (χ0n) is 16.1. The molecule has 0 aliphatic carbocycles. The molecule has 1 saturated heterocycles. The predicted octanol–water partition coefficient (Wildman–Crippen LogP) is 3.14. The zero-order chi connectivity index (χ0) is 20.1. The number of hydrogen-bond donors (Lipinski definition) is 0. The van der Waals surface area contributed by atoms with Crippen molar-refractivity contribution in [2.45, 2.75) is 26.8 Å². The molecule has 7 nitrogen and oxygen atoms in total. The summed E-state index contributed by atoms with van der Waals surface area (Å²) < 4.78 is 10.1. The standard InChI is InChI=1S/C19H24N2O5S/c1-6-20(7-2)14-9-8-13(15(11-14)25-4)10-16-17(22)21(19(24)27-16)12(3)18(23)26-5/h8-12H,6-7H2,1-5H3/b16-10+/t12-/m1/s1. The van der Waals surface area contributed by atoms with E-state index in [0.717, 1.165) is 35.4 Å². The predicted molar refractivity (Wildman–Crippen MR) is 106 cm³/mol. The molecule has 1 heterocycles. The molecule has 0 bridgehead atoms. The first-order valence-electron chi connectivity index (χ1n) is 8.65. The Bertz CT molecular complexity index is 773. The van der Waals surface area contributed by atoms with Crippen LogP contribution < -0.4 is 9.64 Å². The summed E-state index contributed by atoms with van der Waals surface area (Å²) in [5, 5.41) is -0.497. The van der Waals surface area contributed by atoms with Gasteiger partial charge in [-0.05, 0) is 50.7 Å². The van der Waals surface area contributed by atoms with Gasteiger partial charge < -0.3 is 14.4 Å². The van der Waals surface area contributed by atoms with E-state index in [4.69, 9.17) is 4.74 Å². The Kier molecular flexibility index (Phi) is 6.90. The van der Waals surface area contributed by atoms with Gasteiger partial charge in [-0.1, -0.05) is 0 Å². The van der Waals surface area contributed by atoms with Gasteiger partial charge in [-0.3, -0.25) is 14.5 Å². The average molecular weight is 392 g/mol. The number of carbonyl (C=O) groups excluding carboxylic acids is 3. The first-order chi connectivity index (χ1) is 12.9. The van der Waals surface area contributed by atoms with E-state index >= 15 is 0 Å². The maximum Gasteiger partial charge on any atom is 0.328 e. The molecule has 146 valence electrons. The van der Waals surface area contributed by atoms with Crippen LogP contribution in [-0.4, -0.2) is 55.4 Å². The van der Waals surface area contributed by atoms with Gasteiger partial charge in [-0.25, -0.2) is 4.79 Å². The third kappa shape index (κ3) is 4.27. The third-order valence-electron chi connectivity index (χ3n) is 4.39. The summed E-state index contributed by atoms with van der Waals surface area (Å²) in [6, 6.07) is 4.73. The molecule has 8 heteroatoms. The molecular formula is C19H24N2O5S. The number of methoxy groups -OCH3 is 2. The number of nitrogens with zero attached hydrogens (tertiary/aromatic N) is 2. The summed E-state index contributed by atoms with van der Waals surface area (Å²) in [7, 11) is 2.78. The van der Waals surface area contributed by atoms with Crippen LogP contribution in [0.5, 0.6) is 5.75 Å². The molecule has 0 N–H and O–H groups in total. The highest BCUT2D eigenvalue weighted by molar-refractivity contribution is 8.18. The normalized spacial score (nSPS) is 16.6. The summed E-state index contributed by atoms with van der Waals surface area (Å²) in [5.41, 5.74) is 1.70. The summed E-state index contributed by atoms with van der Waals surface area (Å²) in [6.07, 6.45) is 1.61. The molecule has 0 spiro atoms. The monoisotopic (exact) mass is 392 g/mol. The van der Waals surface area contributed by atoms with Crippen LogP contribution in [0.3, 0.4) is 0 Å². The fourth-order valence-electron chi connectivity index (χ4n) is 2.84. The molecule has 27 heavy (non-hydrogen) atoms. The van der Waals surface area contributed by atoms with Gasteiger partial charge in [0.15, 0.2) is 0 Å². The van der Waals surface area contributed by atoms with Crippen LogP contribution in [-0.2, 0) is 14.3 Å². The molecule has 0 radical (unpaired) electrons. The number of hydrogen-bond acceptors (Lipinski definition) is 7. The number of carbonyl (C=O) groups is 3. The molecule has 1 aliphatic rings. The van der Waals surface area contributed by atoms with E-state index in [1.54, 1.807) is 13.2 Å². The summed E-state index contributed by atoms with van der Waals surface area (Å²) >= 11 is 0.796. The molecule has 1 fully saturated rings. The van der Waals surface area contributed by atoms with E-state index in [9.17, 15) is 14.4 Å². The summed E-state index contributed by atoms with van der Waals surface area (Å²) in [6.45, 7) is 7.34. The van der Waals surface area contributed by atoms with Crippen molar-refractivity contribution in [1.82, 2.24) is 4.90 Å². The number of benzene rings is 1. The number of esters is 1. The molecule has 0 unspecified atom stereocenters. The number of rotatable bonds is 7. The van der Waals surface area contributed by atoms with Crippen LogP contribution in [0.2, 0.25) is 0 Å². The van der Waals surface area contributed by atoms with Crippen molar-refractivity contribution in [2.75, 3.05) is 32.2 Å². The van der Waals surface area contributed by atoms with Gasteiger partial charge in [-0.2, -0.15) is 0 Å². The fourth-order valence-corrected chi connectivity index (χ4v) is 3.73. The molecule has 1 atom stereocenters. The van der Waals surface area contributed by atoms with Crippen LogP contribution in [0.4, 0.5) is 10.5 Å². The highest BCUT2D eigenvalue weighted by Gasteiger charge is 2.41. The maximum atomic E-state index is 12.6. The van der Waals surface area contributed by atoms with Crippen molar-refractivity contribution < 1.29 is 23.9 Å². The quantitative estimate of drug-likeness (QED) is 0.521. The van der Waals surface area contributed by atoms with Crippen LogP contribution >= 0.6 is 11.8 Å². The number of imide groups is 1. The van der Waals surface area contributed by atoms with E-state index < -0.39 is 23.2 Å². The average Bonchev–Trinajstić information content (AvgIpc) is 2.95. The third-order valence-corrected chi connectivity index (χ3v) is 5.27. The molecule has 2 amide bonds. The van der Waals surface area contributed by atoms with E-state index in [1.165, 1.54) is 14.0 Å². The lowest BCUT2D eigenvalue weighted by Crippen LogP contribution is -2.42. The van der Waals surface area contributed by atoms with Gasteiger partial charge in [0.05, 0.1) is 19.1 Å². The van der Waals surface area contributed by atoms with E-state index in [1.807, 2.05) is 18.2 Å². The van der Waals surface area contributed by atoms with Gasteiger partial charge in [0.1, 0.15) is 11.8 Å². The van der Waals surface area contributed by atoms with Crippen molar-refractivity contribution in [3.63, 3.8) is 0 Å². The van der Waals surface area contributed by atoms with E-state index in [-0.39, 0.29) is 4.91 Å². The second kappa shape index (κ2) is 8.94. The highest BCUT2D eigenvalue weighted by atomic mass is 32.2. The second-order valence-electron chi connectivity index (χ2n) is 5.85. The summed E-state index contributed by atoms with van der Waals surface area (Å²) in [4.78, 5) is 39.8. The van der Waals surface area contributed by atoms with Gasteiger partial charge in [0.25, 0.3) is 11.1 Å². The fraction of sp³-hybridized carbons (Fsp3) is 0.421. The molecule has 1 aliphatic heterocycles. The lowest BCUT2D eigenvalue weighted by molar-refractivity contribution is -0.148. The Balaban J connectivity index is 2.34. The van der Waals surface area contributed by atoms with Crippen LogP contribution in [0.1, 0.15) is 26.3 Å². The number of ether oxygens (including phenoxy) is 2. The van der Waals surface area contributed by atoms with E-state index in [2.05, 4.69) is 23.5 Å². The Hall–Kier alpha value is -2.48. The molecule has 1 aromatic rings. The topological polar surface area (TPSA) is 76.2 Å². The summed E-state index contributed by atoms with van der Waals surface area (Å²) in [5.74, 6) is -0.551. The van der Waals surface area contributed by atoms with Gasteiger partial charge in [0, 0.05) is 30.4 Å². The molecule has 2 rings (SSSR count). The van der Waals surface area contributed by atoms with Crippen LogP contribution in [0.25, 0.3) is 6.08 Å². The van der Waals surface area contributed by atoms with Crippen LogP contribution in [0.15, 0.2) is 23.1 Å². The molecule has 0 aromatic heterocycles. The minimum atomic E-state index is -0.972. The molecular weight excluding hydrogens is 368 g/mol. The molecule has 1 aromatic carbocycles. The van der Waals surface area contributed by atoms with Crippen molar-refractivity contribution in [2.24, 2.45) is 0 Å². The Morgan fingerprint density at radius 3 is 2.48 bits per heavy atom. The lowest BCUT2D eigenvalue weighted by atomic mass is 10.1. The van der Waals surface area contributed by atoms with Crippen molar-refractivity contribution in [3.05, 3.63) is 28.7 Å². The largest absolute Gasteiger partial charge is 0.496 e. The zero-order valence-corrected chi connectivity index (χ0v) is 17.0. The first kappa shape index (κ1) is 20.8. The minimum absolute atomic E-state index is 0.240. The first-order valence-corrected chi connectivity index (χ1v) is 9.47. The lowest BCUT2D eigenvalue weighted by Gasteiger charge is -2.22. The number of thioether (sulfide) groups is 1. The maximum absolute atomic E-state index is 12.6. The Labute approximate surface area is 163 Å². The van der Waals surface area contributed by atoms with Crippen LogP contribution in [0, 0.1) is 0 Å². The number of anilines is 1. The highest BCUT2D eigenvalue weighted by Crippen LogP contribution is 2.36. The van der Waals surface area contributed by atoms with Gasteiger partial charge in [-0.15, -0.1) is 0 Å². The van der Waals surface area contributed by atoms with Crippen molar-refractivity contribution in [1.29, 1.82) is 0 Å². The van der Waals surface area contributed by atoms with Gasteiger partial charge in [0.2, 0.25) is 0 Å². The van der Waals surface area contributed by atoms with Gasteiger partial charge >= 0.3 is 5.97 Å². The van der Waals surface area contributed by atoms with Crippen molar-refractivity contribution >= 4 is 40.6 Å². The van der Waals surface area contributed by atoms with E-state index in [0.29, 0.717) is 11.3 Å². The Morgan fingerprint density at radius 1 is 1.26 bits per heavy atom. The Morgan fingerprint density at radius 2 is 1.93 bits per heavy atom. The minimum Gasteiger partial charge on any atom is -0.496 e. The smallest absolute Gasteiger partial charge is 0.328 e. The number of amides is 2. The second-order valence-corrected chi connectivity index (χ2v) is 6.84. The SMILES string of the molecule is CCN(CC)c1ccc(/C=C2/SC(=O)N([C@H](C)C(=O)OC)C2=O)c(OC)c1. The molecule has 0 saturated carbocycles.